The van der Waals surface area contributed by atoms with Crippen LogP contribution in [0.3, 0.4) is 0 Å². The lowest BCUT2D eigenvalue weighted by Gasteiger charge is -2.13. The molecule has 104 valence electrons. The van der Waals surface area contributed by atoms with Crippen molar-refractivity contribution in [3.8, 4) is 11.5 Å². The molecule has 0 spiro atoms. The van der Waals surface area contributed by atoms with Crippen molar-refractivity contribution in [2.75, 3.05) is 18.5 Å². The van der Waals surface area contributed by atoms with Gasteiger partial charge < -0.3 is 20.1 Å². The van der Waals surface area contributed by atoms with Crippen LogP contribution in [0.1, 0.15) is 26.7 Å². The Kier molecular flexibility index (Phi) is 4.49. The van der Waals surface area contributed by atoms with Gasteiger partial charge in [0.25, 0.3) is 0 Å². The van der Waals surface area contributed by atoms with Gasteiger partial charge in [0.15, 0.2) is 11.5 Å². The van der Waals surface area contributed by atoms with Crippen LogP contribution in [-0.4, -0.2) is 25.3 Å². The van der Waals surface area contributed by atoms with Gasteiger partial charge in [0, 0.05) is 17.8 Å². The van der Waals surface area contributed by atoms with Gasteiger partial charge in [0.05, 0.1) is 13.2 Å². The van der Waals surface area contributed by atoms with Crippen LogP contribution >= 0.6 is 0 Å². The lowest BCUT2D eigenvalue weighted by atomic mass is 10.2. The number of amides is 2. The van der Waals surface area contributed by atoms with Gasteiger partial charge in [-0.15, -0.1) is 0 Å². The van der Waals surface area contributed by atoms with E-state index < -0.39 is 0 Å². The lowest BCUT2D eigenvalue weighted by Crippen LogP contribution is -2.30. The second kappa shape index (κ2) is 6.31. The maximum absolute atomic E-state index is 11.6. The molecule has 5 nitrogen and oxygen atoms in total. The normalized spacial score (nSPS) is 13.8. The molecule has 1 aliphatic rings. The van der Waals surface area contributed by atoms with Gasteiger partial charge in [-0.25, -0.2) is 4.79 Å². The number of carbonyl (C=O) groups is 1. The molecule has 0 aromatic heterocycles. The van der Waals surface area contributed by atoms with Gasteiger partial charge in [-0.05, 0) is 38.8 Å². The highest BCUT2D eigenvalue weighted by molar-refractivity contribution is 5.90. The van der Waals surface area contributed by atoms with Gasteiger partial charge in [-0.3, -0.25) is 0 Å². The van der Waals surface area contributed by atoms with Gasteiger partial charge in [0.2, 0.25) is 0 Å². The molecule has 2 N–H and O–H groups in total. The topological polar surface area (TPSA) is 59.6 Å². The number of nitrogens with one attached hydrogen (secondary N) is 2. The molecule has 0 heterocycles. The third kappa shape index (κ3) is 4.05. The molecule has 1 fully saturated rings. The summed E-state index contributed by atoms with van der Waals surface area (Å²) in [6, 6.07) is 5.56. The molecule has 5 heteroatoms. The Hall–Kier alpha value is -1.91. The quantitative estimate of drug-likeness (QED) is 0.830. The monoisotopic (exact) mass is 264 g/mol. The number of anilines is 1. The van der Waals surface area contributed by atoms with Crippen LogP contribution in [0.25, 0.3) is 0 Å². The molecule has 1 aromatic carbocycles. The summed E-state index contributed by atoms with van der Waals surface area (Å²) in [5.41, 5.74) is 0.699. The van der Waals surface area contributed by atoms with E-state index in [4.69, 9.17) is 9.47 Å². The first-order valence-corrected chi connectivity index (χ1v) is 6.70. The summed E-state index contributed by atoms with van der Waals surface area (Å²) in [7, 11) is 0. The van der Waals surface area contributed by atoms with Crippen LogP contribution in [0.5, 0.6) is 11.5 Å². The Morgan fingerprint density at radius 1 is 1.21 bits per heavy atom. The summed E-state index contributed by atoms with van der Waals surface area (Å²) in [6.45, 7) is 4.97. The van der Waals surface area contributed by atoms with Crippen molar-refractivity contribution < 1.29 is 14.3 Å². The fourth-order valence-electron chi connectivity index (χ4n) is 1.71. The standard InChI is InChI=1S/C14H20N2O3/c1-3-18-12-8-7-11(9-13(12)19-4-2)16-14(17)15-10-5-6-10/h7-10H,3-6H2,1-2H3,(H2,15,16,17). The minimum Gasteiger partial charge on any atom is -0.490 e. The third-order valence-electron chi connectivity index (χ3n) is 2.71. The SMILES string of the molecule is CCOc1ccc(NC(=O)NC2CC2)cc1OCC. The number of rotatable bonds is 6. The fraction of sp³-hybridized carbons (Fsp3) is 0.500. The highest BCUT2D eigenvalue weighted by Crippen LogP contribution is 2.30. The largest absolute Gasteiger partial charge is 0.490 e. The van der Waals surface area contributed by atoms with Crippen LogP contribution in [0, 0.1) is 0 Å². The number of urea groups is 1. The van der Waals surface area contributed by atoms with E-state index in [1.54, 1.807) is 18.2 Å². The zero-order valence-electron chi connectivity index (χ0n) is 11.4. The van der Waals surface area contributed by atoms with Gasteiger partial charge in [-0.1, -0.05) is 0 Å². The molecule has 0 saturated heterocycles. The Balaban J connectivity index is 2.03. The first-order valence-electron chi connectivity index (χ1n) is 6.70. The highest BCUT2D eigenvalue weighted by Gasteiger charge is 2.23. The van der Waals surface area contributed by atoms with Crippen LogP contribution in [0.2, 0.25) is 0 Å². The minimum absolute atomic E-state index is 0.172. The number of carbonyl (C=O) groups excluding carboxylic acids is 1. The maximum Gasteiger partial charge on any atom is 0.319 e. The van der Waals surface area contributed by atoms with E-state index in [0.717, 1.165) is 12.8 Å². The molecular weight excluding hydrogens is 244 g/mol. The second-order valence-electron chi connectivity index (χ2n) is 4.40. The Morgan fingerprint density at radius 2 is 1.89 bits per heavy atom. The van der Waals surface area contributed by atoms with E-state index in [9.17, 15) is 4.79 Å². The average molecular weight is 264 g/mol. The van der Waals surface area contributed by atoms with Gasteiger partial charge >= 0.3 is 6.03 Å². The lowest BCUT2D eigenvalue weighted by molar-refractivity contribution is 0.251. The predicted octanol–water partition coefficient (Wildman–Crippen LogP) is 2.77. The average Bonchev–Trinajstić information content (AvgIpc) is 3.17. The minimum atomic E-state index is -0.172. The van der Waals surface area contributed by atoms with E-state index in [2.05, 4.69) is 10.6 Å². The maximum atomic E-state index is 11.6. The zero-order chi connectivity index (χ0) is 13.7. The molecule has 0 aliphatic heterocycles. The van der Waals surface area contributed by atoms with Gasteiger partial charge in [-0.2, -0.15) is 0 Å². The van der Waals surface area contributed by atoms with Crippen LogP contribution < -0.4 is 20.1 Å². The number of ether oxygens (including phenoxy) is 2. The molecule has 1 saturated carbocycles. The first-order chi connectivity index (χ1) is 9.22. The molecule has 1 aromatic rings. The predicted molar refractivity (Wildman–Crippen MR) is 74.0 cm³/mol. The smallest absolute Gasteiger partial charge is 0.319 e. The van der Waals surface area contributed by atoms with E-state index in [1.165, 1.54) is 0 Å². The van der Waals surface area contributed by atoms with Crippen molar-refractivity contribution in [3.63, 3.8) is 0 Å². The molecule has 0 atom stereocenters. The molecular formula is C14H20N2O3. The van der Waals surface area contributed by atoms with Crippen molar-refractivity contribution >= 4 is 11.7 Å². The van der Waals surface area contributed by atoms with E-state index in [1.807, 2.05) is 13.8 Å². The van der Waals surface area contributed by atoms with E-state index in [-0.39, 0.29) is 6.03 Å². The van der Waals surface area contributed by atoms with Crippen molar-refractivity contribution in [2.24, 2.45) is 0 Å². The molecule has 2 rings (SSSR count). The van der Waals surface area contributed by atoms with Crippen LogP contribution in [0.4, 0.5) is 10.5 Å². The number of hydrogen-bond acceptors (Lipinski definition) is 3. The first kappa shape index (κ1) is 13.5. The summed E-state index contributed by atoms with van der Waals surface area (Å²) in [5, 5.41) is 5.67. The highest BCUT2D eigenvalue weighted by atomic mass is 16.5. The molecule has 19 heavy (non-hydrogen) atoms. The van der Waals surface area contributed by atoms with Crippen LogP contribution in [0.15, 0.2) is 18.2 Å². The van der Waals surface area contributed by atoms with Crippen molar-refractivity contribution in [1.29, 1.82) is 0 Å². The molecule has 0 bridgehead atoms. The zero-order valence-corrected chi connectivity index (χ0v) is 11.4. The Bertz CT molecular complexity index is 444. The summed E-state index contributed by atoms with van der Waals surface area (Å²) in [4.78, 5) is 11.6. The van der Waals surface area contributed by atoms with Crippen molar-refractivity contribution in [3.05, 3.63) is 18.2 Å². The molecule has 0 unspecified atom stereocenters. The number of hydrogen-bond donors (Lipinski definition) is 2. The van der Waals surface area contributed by atoms with E-state index >= 15 is 0 Å². The Morgan fingerprint density at radius 3 is 2.53 bits per heavy atom. The van der Waals surface area contributed by atoms with Crippen molar-refractivity contribution in [2.45, 2.75) is 32.7 Å². The summed E-state index contributed by atoms with van der Waals surface area (Å²) < 4.78 is 11.0. The summed E-state index contributed by atoms with van der Waals surface area (Å²) >= 11 is 0. The van der Waals surface area contributed by atoms with E-state index in [0.29, 0.717) is 36.4 Å². The third-order valence-corrected chi connectivity index (χ3v) is 2.71. The van der Waals surface area contributed by atoms with Crippen LogP contribution in [-0.2, 0) is 0 Å². The fourth-order valence-corrected chi connectivity index (χ4v) is 1.71. The number of benzene rings is 1. The molecule has 2 amide bonds. The second-order valence-corrected chi connectivity index (χ2v) is 4.40. The Labute approximate surface area is 113 Å². The molecule has 0 radical (unpaired) electrons. The van der Waals surface area contributed by atoms with Gasteiger partial charge in [0.1, 0.15) is 0 Å². The molecule has 1 aliphatic carbocycles. The van der Waals surface area contributed by atoms with Crippen molar-refractivity contribution in [1.82, 2.24) is 5.32 Å². The summed E-state index contributed by atoms with van der Waals surface area (Å²) in [6.07, 6.45) is 2.14. The summed E-state index contributed by atoms with van der Waals surface area (Å²) in [5.74, 6) is 1.34.